The van der Waals surface area contributed by atoms with Gasteiger partial charge in [-0.1, -0.05) is 6.42 Å². The molecule has 1 aliphatic carbocycles. The van der Waals surface area contributed by atoms with Gasteiger partial charge in [0.25, 0.3) is 5.91 Å². The van der Waals surface area contributed by atoms with Crippen molar-refractivity contribution in [1.29, 1.82) is 0 Å². The summed E-state index contributed by atoms with van der Waals surface area (Å²) < 4.78 is 10.7. The van der Waals surface area contributed by atoms with E-state index in [-0.39, 0.29) is 18.6 Å². The summed E-state index contributed by atoms with van der Waals surface area (Å²) in [6.45, 7) is 0.464. The number of thiophene rings is 1. The van der Waals surface area contributed by atoms with Crippen LogP contribution in [0.25, 0.3) is 0 Å². The number of aryl methyl sites for hydroxylation is 2. The number of hydrogen-bond donors (Lipinski definition) is 2. The highest BCUT2D eigenvalue weighted by molar-refractivity contribution is 7.14. The van der Waals surface area contributed by atoms with Gasteiger partial charge in [-0.2, -0.15) is 0 Å². The third-order valence-electron chi connectivity index (χ3n) is 4.51. The molecule has 0 spiro atoms. The molecule has 7 heteroatoms. The summed E-state index contributed by atoms with van der Waals surface area (Å²) in [6.07, 6.45) is 5.97. The van der Waals surface area contributed by atoms with Crippen LogP contribution < -0.4 is 5.32 Å². The summed E-state index contributed by atoms with van der Waals surface area (Å²) in [5, 5.41) is 11.8. The molecule has 0 bridgehead atoms. The van der Waals surface area contributed by atoms with Crippen LogP contribution in [0.2, 0.25) is 0 Å². The predicted octanol–water partition coefficient (Wildman–Crippen LogP) is 2.01. The zero-order valence-corrected chi connectivity index (χ0v) is 14.4. The standard InChI is InChI=1S/C17H23NO5S/c19-16(20)10-23-13-9-22-7-6-12(13)18-17(21)15-8-11-4-2-1-3-5-14(11)24-15/h8,12-13H,1-7,9-10H2,(H,18,21)(H,19,20)/t12-,13-/m1/s1. The van der Waals surface area contributed by atoms with Gasteiger partial charge in [-0.15, -0.1) is 11.3 Å². The monoisotopic (exact) mass is 353 g/mol. The lowest BCUT2D eigenvalue weighted by Gasteiger charge is -2.31. The maximum atomic E-state index is 12.6. The highest BCUT2D eigenvalue weighted by Crippen LogP contribution is 2.29. The average molecular weight is 353 g/mol. The highest BCUT2D eigenvalue weighted by atomic mass is 32.1. The molecule has 6 nitrogen and oxygen atoms in total. The molecule has 24 heavy (non-hydrogen) atoms. The Balaban J connectivity index is 1.63. The molecule has 1 fully saturated rings. The smallest absolute Gasteiger partial charge is 0.329 e. The van der Waals surface area contributed by atoms with Crippen LogP contribution in [0.5, 0.6) is 0 Å². The molecule has 1 aromatic heterocycles. The number of carbonyl (C=O) groups is 2. The van der Waals surface area contributed by atoms with E-state index in [0.29, 0.717) is 19.6 Å². The summed E-state index contributed by atoms with van der Waals surface area (Å²) in [6, 6.07) is 1.81. The van der Waals surface area contributed by atoms with Crippen LogP contribution in [0.15, 0.2) is 6.07 Å². The minimum Gasteiger partial charge on any atom is -0.480 e. The number of hydrogen-bond acceptors (Lipinski definition) is 5. The van der Waals surface area contributed by atoms with Crippen molar-refractivity contribution in [3.63, 3.8) is 0 Å². The van der Waals surface area contributed by atoms with E-state index in [0.717, 1.165) is 17.7 Å². The second-order valence-corrected chi connectivity index (χ2v) is 7.44. The SMILES string of the molecule is O=C(O)CO[C@@H]1COCC[C@H]1NC(=O)c1cc2c(s1)CCCCC2. The van der Waals surface area contributed by atoms with Gasteiger partial charge >= 0.3 is 5.97 Å². The number of carbonyl (C=O) groups excluding carboxylic acids is 1. The predicted molar refractivity (Wildman–Crippen MR) is 89.6 cm³/mol. The van der Waals surface area contributed by atoms with Crippen LogP contribution in [0.1, 0.15) is 45.8 Å². The molecule has 0 aromatic carbocycles. The van der Waals surface area contributed by atoms with Crippen molar-refractivity contribution in [3.8, 4) is 0 Å². The van der Waals surface area contributed by atoms with Gasteiger partial charge in [0, 0.05) is 11.5 Å². The fraction of sp³-hybridized carbons (Fsp3) is 0.647. The lowest BCUT2D eigenvalue weighted by Crippen LogP contribution is -2.50. The number of nitrogens with one attached hydrogen (secondary N) is 1. The van der Waals surface area contributed by atoms with Gasteiger partial charge in [0.05, 0.1) is 17.5 Å². The van der Waals surface area contributed by atoms with E-state index in [1.165, 1.54) is 29.7 Å². The average Bonchev–Trinajstić information content (AvgIpc) is 2.85. The van der Waals surface area contributed by atoms with Gasteiger partial charge in [-0.25, -0.2) is 4.79 Å². The first-order valence-electron chi connectivity index (χ1n) is 8.47. The van der Waals surface area contributed by atoms with Gasteiger partial charge in [-0.05, 0) is 43.7 Å². The fourth-order valence-corrected chi connectivity index (χ4v) is 4.40. The summed E-state index contributed by atoms with van der Waals surface area (Å²) >= 11 is 1.59. The van der Waals surface area contributed by atoms with Crippen LogP contribution in [0.3, 0.4) is 0 Å². The number of aliphatic carboxylic acids is 1. The number of amides is 1. The van der Waals surface area contributed by atoms with E-state index < -0.39 is 12.1 Å². The molecule has 1 saturated heterocycles. The molecule has 132 valence electrons. The first-order valence-corrected chi connectivity index (χ1v) is 9.28. The molecule has 2 aliphatic rings. The van der Waals surface area contributed by atoms with E-state index in [1.54, 1.807) is 11.3 Å². The lowest BCUT2D eigenvalue weighted by atomic mass is 10.1. The molecule has 0 saturated carbocycles. The summed E-state index contributed by atoms with van der Waals surface area (Å²) in [5.41, 5.74) is 1.31. The Labute approximate surface area is 145 Å². The van der Waals surface area contributed by atoms with E-state index >= 15 is 0 Å². The molecule has 0 unspecified atom stereocenters. The van der Waals surface area contributed by atoms with Gasteiger partial charge in [0.1, 0.15) is 12.7 Å². The summed E-state index contributed by atoms with van der Waals surface area (Å²) in [5.74, 6) is -1.11. The normalized spacial score (nSPS) is 24.0. The molecule has 1 amide bonds. The number of carboxylic acid groups (broad SMARTS) is 1. The largest absolute Gasteiger partial charge is 0.480 e. The quantitative estimate of drug-likeness (QED) is 0.791. The minimum atomic E-state index is -1.02. The van der Waals surface area contributed by atoms with E-state index in [9.17, 15) is 9.59 Å². The number of ether oxygens (including phenoxy) is 2. The number of fused-ring (bicyclic) bond motifs is 1. The molecule has 1 aromatic rings. The molecule has 1 aliphatic heterocycles. The van der Waals surface area contributed by atoms with E-state index in [1.807, 2.05) is 6.07 Å². The van der Waals surface area contributed by atoms with Crippen LogP contribution >= 0.6 is 11.3 Å². The lowest BCUT2D eigenvalue weighted by molar-refractivity contribution is -0.148. The Morgan fingerprint density at radius 3 is 3.00 bits per heavy atom. The van der Waals surface area contributed by atoms with E-state index in [4.69, 9.17) is 14.6 Å². The number of carboxylic acids is 1. The Hall–Kier alpha value is -1.44. The zero-order chi connectivity index (χ0) is 16.9. The highest BCUT2D eigenvalue weighted by Gasteiger charge is 2.29. The zero-order valence-electron chi connectivity index (χ0n) is 13.6. The second kappa shape index (κ2) is 8.09. The molecular formula is C17H23NO5S. The van der Waals surface area contributed by atoms with Crippen LogP contribution in [0, 0.1) is 0 Å². The van der Waals surface area contributed by atoms with Gasteiger partial charge in [0.15, 0.2) is 0 Å². The Bertz CT molecular complexity index is 576. The van der Waals surface area contributed by atoms with Gasteiger partial charge < -0.3 is 19.9 Å². The van der Waals surface area contributed by atoms with Crippen molar-refractivity contribution in [3.05, 3.63) is 21.4 Å². The van der Waals surface area contributed by atoms with Crippen molar-refractivity contribution in [2.45, 2.75) is 50.7 Å². The van der Waals surface area contributed by atoms with Crippen LogP contribution in [0.4, 0.5) is 0 Å². The maximum absolute atomic E-state index is 12.6. The van der Waals surface area contributed by atoms with Crippen molar-refractivity contribution < 1.29 is 24.2 Å². The minimum absolute atomic E-state index is 0.0936. The molecule has 2 heterocycles. The third-order valence-corrected chi connectivity index (χ3v) is 5.75. The van der Waals surface area contributed by atoms with Crippen molar-refractivity contribution in [2.24, 2.45) is 0 Å². The van der Waals surface area contributed by atoms with Gasteiger partial charge in [-0.3, -0.25) is 4.79 Å². The Morgan fingerprint density at radius 2 is 2.17 bits per heavy atom. The molecule has 2 N–H and O–H groups in total. The van der Waals surface area contributed by atoms with Crippen molar-refractivity contribution in [1.82, 2.24) is 5.32 Å². The first kappa shape index (κ1) is 17.4. The molecule has 2 atom stereocenters. The van der Waals surface area contributed by atoms with Crippen molar-refractivity contribution >= 4 is 23.2 Å². The first-order chi connectivity index (χ1) is 11.6. The Kier molecular flexibility index (Phi) is 5.86. The Morgan fingerprint density at radius 1 is 1.33 bits per heavy atom. The topological polar surface area (TPSA) is 84.9 Å². The third kappa shape index (κ3) is 4.34. The van der Waals surface area contributed by atoms with Crippen LogP contribution in [-0.4, -0.2) is 48.9 Å². The van der Waals surface area contributed by atoms with Gasteiger partial charge in [0.2, 0.25) is 0 Å². The molecular weight excluding hydrogens is 330 g/mol. The molecule has 3 rings (SSSR count). The van der Waals surface area contributed by atoms with E-state index in [2.05, 4.69) is 5.32 Å². The fourth-order valence-electron chi connectivity index (χ4n) is 3.24. The van der Waals surface area contributed by atoms with Crippen LogP contribution in [-0.2, 0) is 27.1 Å². The number of rotatable bonds is 5. The maximum Gasteiger partial charge on any atom is 0.329 e. The molecule has 0 radical (unpaired) electrons. The van der Waals surface area contributed by atoms with Crippen molar-refractivity contribution in [2.75, 3.05) is 19.8 Å². The second-order valence-electron chi connectivity index (χ2n) is 6.31. The summed E-state index contributed by atoms with van der Waals surface area (Å²) in [4.78, 5) is 25.3. The summed E-state index contributed by atoms with van der Waals surface area (Å²) in [7, 11) is 0.